The monoisotopic (exact) mass is 189 g/mol. The van der Waals surface area contributed by atoms with Gasteiger partial charge in [-0.15, -0.1) is 0 Å². The SMILES string of the molecule is N#CC(F)(F)c1cc(F)ccc1F. The number of hydrogen-bond acceptors (Lipinski definition) is 1. The van der Waals surface area contributed by atoms with Gasteiger partial charge >= 0.3 is 5.92 Å². The van der Waals surface area contributed by atoms with Crippen molar-refractivity contribution in [3.63, 3.8) is 0 Å². The third-order valence-corrected chi connectivity index (χ3v) is 1.41. The Morgan fingerprint density at radius 1 is 1.23 bits per heavy atom. The van der Waals surface area contributed by atoms with Crippen molar-refractivity contribution in [1.82, 2.24) is 0 Å². The predicted molar refractivity (Wildman–Crippen MR) is 35.9 cm³/mol. The fourth-order valence-corrected chi connectivity index (χ4v) is 0.798. The van der Waals surface area contributed by atoms with E-state index < -0.39 is 23.1 Å². The van der Waals surface area contributed by atoms with Crippen molar-refractivity contribution < 1.29 is 17.6 Å². The number of halogens is 4. The van der Waals surface area contributed by atoms with Crippen LogP contribution in [0.3, 0.4) is 0 Å². The highest BCUT2D eigenvalue weighted by Gasteiger charge is 2.34. The third kappa shape index (κ3) is 1.78. The molecule has 0 spiro atoms. The number of alkyl halides is 2. The van der Waals surface area contributed by atoms with Crippen LogP contribution in [0.15, 0.2) is 18.2 Å². The molecule has 0 aromatic heterocycles. The van der Waals surface area contributed by atoms with E-state index in [1.165, 1.54) is 0 Å². The Morgan fingerprint density at radius 2 is 1.85 bits per heavy atom. The largest absolute Gasteiger partial charge is 0.360 e. The quantitative estimate of drug-likeness (QED) is 0.623. The molecule has 0 bridgehead atoms. The lowest BCUT2D eigenvalue weighted by molar-refractivity contribution is 0.0567. The van der Waals surface area contributed by atoms with Crippen molar-refractivity contribution in [3.8, 4) is 6.07 Å². The van der Waals surface area contributed by atoms with Crippen molar-refractivity contribution in [2.45, 2.75) is 5.92 Å². The Balaban J connectivity index is 3.30. The lowest BCUT2D eigenvalue weighted by Gasteiger charge is -2.08. The van der Waals surface area contributed by atoms with E-state index in [0.717, 1.165) is 0 Å². The van der Waals surface area contributed by atoms with Crippen LogP contribution in [0.25, 0.3) is 0 Å². The van der Waals surface area contributed by atoms with Crippen molar-refractivity contribution in [3.05, 3.63) is 35.4 Å². The van der Waals surface area contributed by atoms with Gasteiger partial charge in [0.1, 0.15) is 17.7 Å². The first-order valence-electron chi connectivity index (χ1n) is 3.22. The summed E-state index contributed by atoms with van der Waals surface area (Å²) < 4.78 is 50.2. The Labute approximate surface area is 71.2 Å². The second-order valence-corrected chi connectivity index (χ2v) is 2.31. The van der Waals surface area contributed by atoms with Crippen LogP contribution in [0.4, 0.5) is 17.6 Å². The van der Waals surface area contributed by atoms with Gasteiger partial charge in [0.15, 0.2) is 0 Å². The van der Waals surface area contributed by atoms with Crippen molar-refractivity contribution in [1.29, 1.82) is 5.26 Å². The maximum Gasteiger partial charge on any atom is 0.360 e. The first-order chi connectivity index (χ1) is 5.97. The average molecular weight is 189 g/mol. The van der Waals surface area contributed by atoms with E-state index in [1.807, 2.05) is 0 Å². The molecule has 0 aliphatic heterocycles. The van der Waals surface area contributed by atoms with Gasteiger partial charge in [-0.25, -0.2) is 8.78 Å². The number of benzene rings is 1. The molecule has 1 aromatic rings. The molecule has 13 heavy (non-hydrogen) atoms. The maximum atomic E-state index is 12.7. The molecule has 0 aliphatic carbocycles. The van der Waals surface area contributed by atoms with Gasteiger partial charge in [0, 0.05) is 0 Å². The highest BCUT2D eigenvalue weighted by Crippen LogP contribution is 2.29. The molecule has 5 heteroatoms. The molecule has 0 radical (unpaired) electrons. The summed E-state index contributed by atoms with van der Waals surface area (Å²) in [6.07, 6.45) is 0. The second-order valence-electron chi connectivity index (χ2n) is 2.31. The minimum Gasteiger partial charge on any atom is -0.207 e. The lowest BCUT2D eigenvalue weighted by atomic mass is 10.1. The van der Waals surface area contributed by atoms with Crippen LogP contribution in [-0.4, -0.2) is 0 Å². The van der Waals surface area contributed by atoms with Gasteiger partial charge in [-0.05, 0) is 18.2 Å². The van der Waals surface area contributed by atoms with Gasteiger partial charge in [0.2, 0.25) is 0 Å². The predicted octanol–water partition coefficient (Wildman–Crippen LogP) is 2.58. The van der Waals surface area contributed by atoms with E-state index in [2.05, 4.69) is 0 Å². The summed E-state index contributed by atoms with van der Waals surface area (Å²) in [5.41, 5.74) is -1.24. The Kier molecular flexibility index (Phi) is 2.24. The zero-order valence-electron chi connectivity index (χ0n) is 6.19. The molecular formula is C8H3F4N. The number of nitrogens with zero attached hydrogens (tertiary/aromatic N) is 1. The van der Waals surface area contributed by atoms with Gasteiger partial charge in [0.05, 0.1) is 5.56 Å². The molecule has 0 aliphatic rings. The van der Waals surface area contributed by atoms with E-state index in [9.17, 15) is 17.6 Å². The van der Waals surface area contributed by atoms with Gasteiger partial charge in [0.25, 0.3) is 0 Å². The summed E-state index contributed by atoms with van der Waals surface area (Å²) in [6.45, 7) is 0. The second kappa shape index (κ2) is 3.05. The fraction of sp³-hybridized carbons (Fsp3) is 0.125. The Bertz CT molecular complexity index is 367. The molecule has 0 saturated carbocycles. The molecule has 1 rings (SSSR count). The number of rotatable bonds is 1. The van der Waals surface area contributed by atoms with Crippen LogP contribution in [-0.2, 0) is 5.92 Å². The van der Waals surface area contributed by atoms with Crippen molar-refractivity contribution in [2.75, 3.05) is 0 Å². The van der Waals surface area contributed by atoms with Crippen LogP contribution in [0.5, 0.6) is 0 Å². The molecule has 0 saturated heterocycles. The van der Waals surface area contributed by atoms with E-state index in [4.69, 9.17) is 5.26 Å². The van der Waals surface area contributed by atoms with Crippen LogP contribution < -0.4 is 0 Å². The molecule has 0 fully saturated rings. The molecule has 0 heterocycles. The van der Waals surface area contributed by atoms with E-state index in [-0.39, 0.29) is 0 Å². The number of hydrogen-bond donors (Lipinski definition) is 0. The third-order valence-electron chi connectivity index (χ3n) is 1.41. The summed E-state index contributed by atoms with van der Waals surface area (Å²) in [5.74, 6) is -6.30. The zero-order chi connectivity index (χ0) is 10.1. The first-order valence-corrected chi connectivity index (χ1v) is 3.22. The van der Waals surface area contributed by atoms with Crippen LogP contribution in [0, 0.1) is 23.0 Å². The Morgan fingerprint density at radius 3 is 2.38 bits per heavy atom. The van der Waals surface area contributed by atoms with Gasteiger partial charge in [-0.1, -0.05) is 0 Å². The van der Waals surface area contributed by atoms with E-state index >= 15 is 0 Å². The molecule has 68 valence electrons. The Hall–Kier alpha value is -1.57. The maximum absolute atomic E-state index is 12.7. The van der Waals surface area contributed by atoms with Gasteiger partial charge in [-0.2, -0.15) is 14.0 Å². The van der Waals surface area contributed by atoms with Crippen LogP contribution >= 0.6 is 0 Å². The summed E-state index contributed by atoms with van der Waals surface area (Å²) in [5, 5.41) is 7.97. The minimum absolute atomic E-state index is 0.304. The van der Waals surface area contributed by atoms with Crippen molar-refractivity contribution in [2.24, 2.45) is 0 Å². The molecule has 0 amide bonds. The van der Waals surface area contributed by atoms with Gasteiger partial charge < -0.3 is 0 Å². The van der Waals surface area contributed by atoms with Crippen LogP contribution in [0.1, 0.15) is 5.56 Å². The standard InChI is InChI=1S/C8H3F4N/c9-5-1-2-7(10)6(3-5)8(11,12)4-13/h1-3H. The summed E-state index contributed by atoms with van der Waals surface area (Å²) >= 11 is 0. The average Bonchev–Trinajstić information content (AvgIpc) is 2.09. The normalized spacial score (nSPS) is 11.0. The minimum atomic E-state index is -3.99. The molecule has 0 N–H and O–H groups in total. The van der Waals surface area contributed by atoms with E-state index in [1.54, 1.807) is 0 Å². The lowest BCUT2D eigenvalue weighted by Crippen LogP contribution is -2.12. The first kappa shape index (κ1) is 9.52. The molecular weight excluding hydrogens is 186 g/mol. The molecule has 1 aromatic carbocycles. The molecule has 0 atom stereocenters. The van der Waals surface area contributed by atoms with Crippen LogP contribution in [0.2, 0.25) is 0 Å². The topological polar surface area (TPSA) is 23.8 Å². The molecule has 1 nitrogen and oxygen atoms in total. The highest BCUT2D eigenvalue weighted by molar-refractivity contribution is 5.27. The highest BCUT2D eigenvalue weighted by atomic mass is 19.3. The van der Waals surface area contributed by atoms with Crippen molar-refractivity contribution >= 4 is 0 Å². The summed E-state index contributed by atoms with van der Waals surface area (Å²) in [6, 6.07) is 2.14. The number of nitriles is 1. The summed E-state index contributed by atoms with van der Waals surface area (Å²) in [4.78, 5) is 0. The zero-order valence-corrected chi connectivity index (χ0v) is 6.19. The van der Waals surface area contributed by atoms with E-state index in [0.29, 0.717) is 24.3 Å². The molecule has 0 unspecified atom stereocenters. The smallest absolute Gasteiger partial charge is 0.207 e. The van der Waals surface area contributed by atoms with Gasteiger partial charge in [-0.3, -0.25) is 0 Å². The fourth-order valence-electron chi connectivity index (χ4n) is 0.798. The summed E-state index contributed by atoms with van der Waals surface area (Å²) in [7, 11) is 0.